The number of rotatable bonds is 4. The topological polar surface area (TPSA) is 12.0 Å². The molecule has 16 heavy (non-hydrogen) atoms. The molecule has 1 atom stereocenters. The molecule has 84 valence electrons. The number of benzene rings is 1. The van der Waals surface area contributed by atoms with E-state index in [-0.39, 0.29) is 0 Å². The SMILES string of the molecule is Cc1ccccc1CN[C@H](C)c1cccs1. The first kappa shape index (κ1) is 11.4. The summed E-state index contributed by atoms with van der Waals surface area (Å²) in [6, 6.07) is 13.2. The number of thiophene rings is 1. The van der Waals surface area contributed by atoms with Gasteiger partial charge in [0.25, 0.3) is 0 Å². The average molecular weight is 231 g/mol. The minimum atomic E-state index is 0.430. The Balaban J connectivity index is 1.95. The molecule has 1 aromatic heterocycles. The molecule has 0 fully saturated rings. The summed E-state index contributed by atoms with van der Waals surface area (Å²) in [5.74, 6) is 0. The molecule has 1 N–H and O–H groups in total. The van der Waals surface area contributed by atoms with Crippen LogP contribution >= 0.6 is 11.3 Å². The summed E-state index contributed by atoms with van der Waals surface area (Å²) in [7, 11) is 0. The van der Waals surface area contributed by atoms with Crippen molar-refractivity contribution < 1.29 is 0 Å². The first-order valence-electron chi connectivity index (χ1n) is 5.58. The highest BCUT2D eigenvalue weighted by molar-refractivity contribution is 7.10. The molecule has 1 nitrogen and oxygen atoms in total. The molecule has 1 aromatic carbocycles. The summed E-state index contributed by atoms with van der Waals surface area (Å²) in [5.41, 5.74) is 2.74. The molecule has 0 saturated heterocycles. The Labute approximate surface area is 101 Å². The third-order valence-corrected chi connectivity index (χ3v) is 3.88. The fourth-order valence-corrected chi connectivity index (χ4v) is 2.47. The zero-order valence-electron chi connectivity index (χ0n) is 9.73. The van der Waals surface area contributed by atoms with Crippen molar-refractivity contribution in [3.05, 3.63) is 57.8 Å². The minimum absolute atomic E-state index is 0.430. The third-order valence-electron chi connectivity index (χ3n) is 2.83. The molecule has 2 heteroatoms. The summed E-state index contributed by atoms with van der Waals surface area (Å²) in [6.45, 7) is 5.31. The Hall–Kier alpha value is -1.12. The second kappa shape index (κ2) is 5.28. The van der Waals surface area contributed by atoms with Crippen molar-refractivity contribution in [3.63, 3.8) is 0 Å². The van der Waals surface area contributed by atoms with Crippen molar-refractivity contribution >= 4 is 11.3 Å². The molecule has 1 heterocycles. The maximum atomic E-state index is 3.55. The van der Waals surface area contributed by atoms with E-state index in [0.29, 0.717) is 6.04 Å². The lowest BCUT2D eigenvalue weighted by Crippen LogP contribution is -2.17. The predicted molar refractivity (Wildman–Crippen MR) is 70.8 cm³/mol. The van der Waals surface area contributed by atoms with Gasteiger partial charge in [-0.1, -0.05) is 30.3 Å². The molecule has 2 rings (SSSR count). The van der Waals surface area contributed by atoms with Crippen molar-refractivity contribution in [2.75, 3.05) is 0 Å². The smallest absolute Gasteiger partial charge is 0.0388 e. The number of hydrogen-bond donors (Lipinski definition) is 1. The van der Waals surface area contributed by atoms with E-state index in [0.717, 1.165) is 6.54 Å². The van der Waals surface area contributed by atoms with E-state index in [1.54, 1.807) is 0 Å². The van der Waals surface area contributed by atoms with Gasteiger partial charge in [-0.15, -0.1) is 11.3 Å². The van der Waals surface area contributed by atoms with Crippen LogP contribution < -0.4 is 5.32 Å². The fourth-order valence-electron chi connectivity index (χ4n) is 1.71. The van der Waals surface area contributed by atoms with Gasteiger partial charge in [0.05, 0.1) is 0 Å². The van der Waals surface area contributed by atoms with Gasteiger partial charge in [0.1, 0.15) is 0 Å². The normalized spacial score (nSPS) is 12.6. The van der Waals surface area contributed by atoms with Crippen LogP contribution in [-0.2, 0) is 6.54 Å². The van der Waals surface area contributed by atoms with E-state index in [2.05, 4.69) is 60.9 Å². The van der Waals surface area contributed by atoms with Gasteiger partial charge in [0.15, 0.2) is 0 Å². The van der Waals surface area contributed by atoms with E-state index in [4.69, 9.17) is 0 Å². The summed E-state index contributed by atoms with van der Waals surface area (Å²) in [5, 5.41) is 5.68. The summed E-state index contributed by atoms with van der Waals surface area (Å²) in [4.78, 5) is 1.40. The van der Waals surface area contributed by atoms with Crippen LogP contribution in [-0.4, -0.2) is 0 Å². The quantitative estimate of drug-likeness (QED) is 0.841. The van der Waals surface area contributed by atoms with Crippen LogP contribution in [0.2, 0.25) is 0 Å². The van der Waals surface area contributed by atoms with Gasteiger partial charge < -0.3 is 5.32 Å². The van der Waals surface area contributed by atoms with Crippen molar-refractivity contribution in [1.82, 2.24) is 5.32 Å². The van der Waals surface area contributed by atoms with Crippen molar-refractivity contribution in [3.8, 4) is 0 Å². The van der Waals surface area contributed by atoms with E-state index in [1.807, 2.05) is 11.3 Å². The minimum Gasteiger partial charge on any atom is -0.305 e. The maximum Gasteiger partial charge on any atom is 0.0388 e. The van der Waals surface area contributed by atoms with Gasteiger partial charge in [0.2, 0.25) is 0 Å². The average Bonchev–Trinajstić information content (AvgIpc) is 2.81. The summed E-state index contributed by atoms with van der Waals surface area (Å²) in [6.07, 6.45) is 0. The Morgan fingerprint density at radius 3 is 2.69 bits per heavy atom. The molecule has 0 aliphatic carbocycles. The lowest BCUT2D eigenvalue weighted by atomic mass is 10.1. The van der Waals surface area contributed by atoms with Crippen LogP contribution in [0.25, 0.3) is 0 Å². The van der Waals surface area contributed by atoms with Crippen LogP contribution in [0.4, 0.5) is 0 Å². The summed E-state index contributed by atoms with van der Waals surface area (Å²) < 4.78 is 0. The van der Waals surface area contributed by atoms with Gasteiger partial charge in [-0.3, -0.25) is 0 Å². The molecule has 0 aliphatic rings. The number of hydrogen-bond acceptors (Lipinski definition) is 2. The highest BCUT2D eigenvalue weighted by atomic mass is 32.1. The fraction of sp³-hybridized carbons (Fsp3) is 0.286. The zero-order valence-corrected chi connectivity index (χ0v) is 10.6. The predicted octanol–water partition coefficient (Wildman–Crippen LogP) is 3.91. The van der Waals surface area contributed by atoms with Gasteiger partial charge in [0, 0.05) is 17.5 Å². The van der Waals surface area contributed by atoms with E-state index in [9.17, 15) is 0 Å². The molecule has 0 spiro atoms. The van der Waals surface area contributed by atoms with Gasteiger partial charge >= 0.3 is 0 Å². The van der Waals surface area contributed by atoms with Crippen LogP contribution in [0.3, 0.4) is 0 Å². The monoisotopic (exact) mass is 231 g/mol. The Morgan fingerprint density at radius 1 is 1.19 bits per heavy atom. The molecular weight excluding hydrogens is 214 g/mol. The van der Waals surface area contributed by atoms with Crippen LogP contribution in [0.1, 0.15) is 29.0 Å². The first-order valence-corrected chi connectivity index (χ1v) is 6.46. The Kier molecular flexibility index (Phi) is 3.75. The Bertz CT molecular complexity index is 434. The van der Waals surface area contributed by atoms with Crippen molar-refractivity contribution in [2.24, 2.45) is 0 Å². The third kappa shape index (κ3) is 2.71. The molecular formula is C14H17NS. The van der Waals surface area contributed by atoms with E-state index < -0.39 is 0 Å². The highest BCUT2D eigenvalue weighted by Gasteiger charge is 2.05. The summed E-state index contributed by atoms with van der Waals surface area (Å²) >= 11 is 1.81. The van der Waals surface area contributed by atoms with E-state index in [1.165, 1.54) is 16.0 Å². The van der Waals surface area contributed by atoms with Crippen LogP contribution in [0.5, 0.6) is 0 Å². The first-order chi connectivity index (χ1) is 7.77. The second-order valence-corrected chi connectivity index (χ2v) is 5.02. The number of nitrogens with one attached hydrogen (secondary N) is 1. The second-order valence-electron chi connectivity index (χ2n) is 4.04. The molecule has 0 aliphatic heterocycles. The molecule has 0 amide bonds. The van der Waals surface area contributed by atoms with Gasteiger partial charge in [-0.05, 0) is 36.4 Å². The van der Waals surface area contributed by atoms with Gasteiger partial charge in [-0.25, -0.2) is 0 Å². The molecule has 0 radical (unpaired) electrons. The van der Waals surface area contributed by atoms with Gasteiger partial charge in [-0.2, -0.15) is 0 Å². The standard InChI is InChI=1S/C14H17NS/c1-11-6-3-4-7-13(11)10-15-12(2)14-8-5-9-16-14/h3-9,12,15H,10H2,1-2H3/t12-/m1/s1. The molecule has 0 unspecified atom stereocenters. The molecule has 0 saturated carbocycles. The lowest BCUT2D eigenvalue weighted by Gasteiger charge is -2.13. The largest absolute Gasteiger partial charge is 0.305 e. The van der Waals surface area contributed by atoms with Crippen molar-refractivity contribution in [1.29, 1.82) is 0 Å². The molecule has 2 aromatic rings. The Morgan fingerprint density at radius 2 is 2.00 bits per heavy atom. The van der Waals surface area contributed by atoms with Crippen LogP contribution in [0, 0.1) is 6.92 Å². The number of aryl methyl sites for hydroxylation is 1. The highest BCUT2D eigenvalue weighted by Crippen LogP contribution is 2.19. The lowest BCUT2D eigenvalue weighted by molar-refractivity contribution is 0.581. The van der Waals surface area contributed by atoms with E-state index >= 15 is 0 Å². The molecule has 0 bridgehead atoms. The van der Waals surface area contributed by atoms with Crippen molar-refractivity contribution in [2.45, 2.75) is 26.4 Å². The van der Waals surface area contributed by atoms with Crippen LogP contribution in [0.15, 0.2) is 41.8 Å². The zero-order chi connectivity index (χ0) is 11.4. The maximum absolute atomic E-state index is 3.55.